The molecule has 0 bridgehead atoms. The van der Waals surface area contributed by atoms with Gasteiger partial charge in [-0.3, -0.25) is 4.68 Å². The average Bonchev–Trinajstić information content (AvgIpc) is 2.92. The normalized spacial score (nSPS) is 11.0. The predicted octanol–water partition coefficient (Wildman–Crippen LogP) is 3.84. The van der Waals surface area contributed by atoms with E-state index in [0.29, 0.717) is 17.1 Å². The number of nitrogens with zero attached hydrogens (tertiary/aromatic N) is 2. The van der Waals surface area contributed by atoms with Gasteiger partial charge >= 0.3 is 0 Å². The van der Waals surface area contributed by atoms with Crippen LogP contribution in [-0.4, -0.2) is 9.78 Å². The summed E-state index contributed by atoms with van der Waals surface area (Å²) in [5, 5.41) is 5.39. The minimum Gasteiger partial charge on any atom is -0.457 e. The van der Waals surface area contributed by atoms with Crippen molar-refractivity contribution in [2.24, 2.45) is 5.73 Å². The van der Waals surface area contributed by atoms with Crippen molar-refractivity contribution in [3.8, 4) is 11.5 Å². The molecule has 0 amide bonds. The Hall–Kier alpha value is -2.40. The Balaban J connectivity index is 1.91. The Morgan fingerprint density at radius 3 is 2.86 bits per heavy atom. The summed E-state index contributed by atoms with van der Waals surface area (Å²) in [6.45, 7) is 3.23. The Morgan fingerprint density at radius 2 is 2.09 bits per heavy atom. The van der Waals surface area contributed by atoms with Gasteiger partial charge in [-0.05, 0) is 42.8 Å². The third kappa shape index (κ3) is 2.80. The Kier molecular flexibility index (Phi) is 4.06. The van der Waals surface area contributed by atoms with Gasteiger partial charge in [0.15, 0.2) is 0 Å². The minimum atomic E-state index is -0.316. The van der Waals surface area contributed by atoms with Crippen molar-refractivity contribution >= 4 is 10.9 Å². The summed E-state index contributed by atoms with van der Waals surface area (Å²) in [6, 6.07) is 10.2. The van der Waals surface area contributed by atoms with Crippen molar-refractivity contribution in [3.63, 3.8) is 0 Å². The maximum Gasteiger partial charge on any atom is 0.132 e. The standard InChI is InChI=1S/C17H18FN3O/c1-2-7-21-16-5-4-15(9-13(16)11-20-21)22-17-6-3-14(18)8-12(17)10-19/h3-6,8-9,11H,2,7,10,19H2,1H3. The smallest absolute Gasteiger partial charge is 0.132 e. The molecule has 1 aromatic heterocycles. The first-order chi connectivity index (χ1) is 10.7. The van der Waals surface area contributed by atoms with Crippen LogP contribution in [0.5, 0.6) is 11.5 Å². The zero-order valence-electron chi connectivity index (χ0n) is 12.4. The fraction of sp³-hybridized carbons (Fsp3) is 0.235. The van der Waals surface area contributed by atoms with Crippen LogP contribution in [0.15, 0.2) is 42.6 Å². The number of nitrogens with two attached hydrogens (primary N) is 1. The topological polar surface area (TPSA) is 53.1 Å². The van der Waals surface area contributed by atoms with Gasteiger partial charge in [-0.2, -0.15) is 5.10 Å². The first-order valence-corrected chi connectivity index (χ1v) is 7.33. The summed E-state index contributed by atoms with van der Waals surface area (Å²) in [5.41, 5.74) is 7.36. The molecule has 1 heterocycles. The zero-order valence-corrected chi connectivity index (χ0v) is 12.4. The lowest BCUT2D eigenvalue weighted by atomic mass is 10.2. The highest BCUT2D eigenvalue weighted by Gasteiger charge is 2.08. The van der Waals surface area contributed by atoms with Gasteiger partial charge in [0.25, 0.3) is 0 Å². The second-order valence-corrected chi connectivity index (χ2v) is 5.15. The van der Waals surface area contributed by atoms with Gasteiger partial charge in [-0.15, -0.1) is 0 Å². The maximum absolute atomic E-state index is 13.2. The lowest BCUT2D eigenvalue weighted by molar-refractivity contribution is 0.474. The number of rotatable bonds is 5. The molecule has 0 radical (unpaired) electrons. The largest absolute Gasteiger partial charge is 0.457 e. The number of hydrogen-bond acceptors (Lipinski definition) is 3. The molecule has 2 aromatic carbocycles. The molecule has 3 rings (SSSR count). The fourth-order valence-electron chi connectivity index (χ4n) is 2.45. The lowest BCUT2D eigenvalue weighted by Gasteiger charge is -2.10. The van der Waals surface area contributed by atoms with Crippen LogP contribution in [0.4, 0.5) is 4.39 Å². The molecule has 22 heavy (non-hydrogen) atoms. The van der Waals surface area contributed by atoms with Gasteiger partial charge in [-0.1, -0.05) is 6.92 Å². The third-order valence-corrected chi connectivity index (χ3v) is 3.52. The summed E-state index contributed by atoms with van der Waals surface area (Å²) < 4.78 is 21.1. The highest BCUT2D eigenvalue weighted by Crippen LogP contribution is 2.28. The van der Waals surface area contributed by atoms with Crippen LogP contribution in [0.1, 0.15) is 18.9 Å². The van der Waals surface area contributed by atoms with Crippen molar-refractivity contribution in [1.29, 1.82) is 0 Å². The van der Waals surface area contributed by atoms with E-state index in [4.69, 9.17) is 10.5 Å². The van der Waals surface area contributed by atoms with Gasteiger partial charge < -0.3 is 10.5 Å². The second kappa shape index (κ2) is 6.15. The van der Waals surface area contributed by atoms with Crippen LogP contribution < -0.4 is 10.5 Å². The summed E-state index contributed by atoms with van der Waals surface area (Å²) in [7, 11) is 0. The number of ether oxygens (including phenoxy) is 1. The number of benzene rings is 2. The second-order valence-electron chi connectivity index (χ2n) is 5.15. The Morgan fingerprint density at radius 1 is 1.23 bits per heavy atom. The number of aryl methyl sites for hydroxylation is 1. The van der Waals surface area contributed by atoms with E-state index >= 15 is 0 Å². The van der Waals surface area contributed by atoms with Gasteiger partial charge in [-0.25, -0.2) is 4.39 Å². The fourth-order valence-corrected chi connectivity index (χ4v) is 2.45. The van der Waals surface area contributed by atoms with Crippen LogP contribution >= 0.6 is 0 Å². The molecule has 3 aromatic rings. The summed E-state index contributed by atoms with van der Waals surface area (Å²) in [5.74, 6) is 0.943. The van der Waals surface area contributed by atoms with Crippen molar-refractivity contribution in [2.45, 2.75) is 26.4 Å². The molecule has 2 N–H and O–H groups in total. The SMILES string of the molecule is CCCn1ncc2cc(Oc3ccc(F)cc3CN)ccc21. The van der Waals surface area contributed by atoms with Gasteiger partial charge in [0.05, 0.1) is 11.7 Å². The quantitative estimate of drug-likeness (QED) is 0.779. The number of hydrogen-bond donors (Lipinski definition) is 1. The van der Waals surface area contributed by atoms with E-state index in [9.17, 15) is 4.39 Å². The lowest BCUT2D eigenvalue weighted by Crippen LogP contribution is -2.00. The van der Waals surface area contributed by atoms with E-state index in [1.807, 2.05) is 29.1 Å². The van der Waals surface area contributed by atoms with Crippen LogP contribution in [0.2, 0.25) is 0 Å². The molecular weight excluding hydrogens is 281 g/mol. The molecule has 0 aliphatic heterocycles. The predicted molar refractivity (Wildman–Crippen MR) is 84.4 cm³/mol. The van der Waals surface area contributed by atoms with Crippen LogP contribution in [0, 0.1) is 5.82 Å². The molecule has 114 valence electrons. The molecule has 0 atom stereocenters. The van der Waals surface area contributed by atoms with E-state index in [-0.39, 0.29) is 12.4 Å². The van der Waals surface area contributed by atoms with Crippen molar-refractivity contribution in [3.05, 3.63) is 54.0 Å². The Labute approximate surface area is 128 Å². The Bertz CT molecular complexity index is 798. The van der Waals surface area contributed by atoms with Crippen LogP contribution in [0.3, 0.4) is 0 Å². The summed E-state index contributed by atoms with van der Waals surface area (Å²) in [6.07, 6.45) is 2.86. The first-order valence-electron chi connectivity index (χ1n) is 7.33. The molecule has 0 fully saturated rings. The molecule has 5 heteroatoms. The van der Waals surface area contributed by atoms with E-state index in [2.05, 4.69) is 12.0 Å². The molecule has 0 saturated carbocycles. The molecule has 0 unspecified atom stereocenters. The third-order valence-electron chi connectivity index (χ3n) is 3.52. The van der Waals surface area contributed by atoms with Crippen LogP contribution in [-0.2, 0) is 13.1 Å². The molecule has 0 spiro atoms. The minimum absolute atomic E-state index is 0.226. The highest BCUT2D eigenvalue weighted by molar-refractivity contribution is 5.80. The first kappa shape index (κ1) is 14.5. The van der Waals surface area contributed by atoms with E-state index in [0.717, 1.165) is 23.9 Å². The molecule has 4 nitrogen and oxygen atoms in total. The van der Waals surface area contributed by atoms with Gasteiger partial charge in [0.1, 0.15) is 17.3 Å². The highest BCUT2D eigenvalue weighted by atomic mass is 19.1. The number of fused-ring (bicyclic) bond motifs is 1. The van der Waals surface area contributed by atoms with Crippen LogP contribution in [0.25, 0.3) is 10.9 Å². The van der Waals surface area contributed by atoms with E-state index < -0.39 is 0 Å². The summed E-state index contributed by atoms with van der Waals surface area (Å²) in [4.78, 5) is 0. The van der Waals surface area contributed by atoms with E-state index in [1.54, 1.807) is 6.07 Å². The molecule has 0 saturated heterocycles. The molecular formula is C17H18FN3O. The van der Waals surface area contributed by atoms with Crippen molar-refractivity contribution in [2.75, 3.05) is 0 Å². The van der Waals surface area contributed by atoms with Crippen molar-refractivity contribution < 1.29 is 9.13 Å². The van der Waals surface area contributed by atoms with E-state index in [1.165, 1.54) is 12.1 Å². The molecule has 0 aliphatic carbocycles. The molecule has 0 aliphatic rings. The van der Waals surface area contributed by atoms with Crippen molar-refractivity contribution in [1.82, 2.24) is 9.78 Å². The maximum atomic E-state index is 13.2. The van der Waals surface area contributed by atoms with Gasteiger partial charge in [0, 0.05) is 24.0 Å². The zero-order chi connectivity index (χ0) is 15.5. The monoisotopic (exact) mass is 299 g/mol. The summed E-state index contributed by atoms with van der Waals surface area (Å²) >= 11 is 0. The van der Waals surface area contributed by atoms with Gasteiger partial charge in [0.2, 0.25) is 0 Å². The number of aromatic nitrogens is 2. The average molecular weight is 299 g/mol. The number of halogens is 1.